The van der Waals surface area contributed by atoms with E-state index in [0.717, 1.165) is 40.2 Å². The van der Waals surface area contributed by atoms with E-state index in [9.17, 15) is 0 Å². The van der Waals surface area contributed by atoms with Crippen molar-refractivity contribution in [2.24, 2.45) is 0 Å². The number of anilines is 1. The molecule has 1 aromatic carbocycles. The number of halogens is 2. The highest BCUT2D eigenvalue weighted by molar-refractivity contribution is 9.10. The number of fused-ring (bicyclic) bond motifs is 1. The first-order valence-corrected chi connectivity index (χ1v) is 7.47. The molecule has 0 atom stereocenters. The van der Waals surface area contributed by atoms with E-state index >= 15 is 0 Å². The molecule has 104 valence electrons. The lowest BCUT2D eigenvalue weighted by molar-refractivity contribution is 0.354. The topological polar surface area (TPSA) is 47.0 Å². The monoisotopic (exact) mass is 353 g/mol. The summed E-state index contributed by atoms with van der Waals surface area (Å²) in [6, 6.07) is 4.17. The molecule has 4 nitrogen and oxygen atoms in total. The van der Waals surface area contributed by atoms with E-state index in [1.807, 2.05) is 6.92 Å². The molecule has 0 amide bonds. The third kappa shape index (κ3) is 2.60. The average molecular weight is 355 g/mol. The Labute approximate surface area is 130 Å². The Morgan fingerprint density at radius 3 is 3.10 bits per heavy atom. The van der Waals surface area contributed by atoms with E-state index in [-0.39, 0.29) is 0 Å². The van der Waals surface area contributed by atoms with Crippen LogP contribution in [0.2, 0.25) is 5.15 Å². The third-order valence-electron chi connectivity index (χ3n) is 3.29. The van der Waals surface area contributed by atoms with Crippen LogP contribution in [0.5, 0.6) is 5.75 Å². The van der Waals surface area contributed by atoms with Gasteiger partial charge in [-0.1, -0.05) is 27.5 Å². The zero-order valence-corrected chi connectivity index (χ0v) is 13.3. The summed E-state index contributed by atoms with van der Waals surface area (Å²) in [7, 11) is 0. The van der Waals surface area contributed by atoms with Gasteiger partial charge in [0.15, 0.2) is 0 Å². The largest absolute Gasteiger partial charge is 0.493 e. The molecule has 2 aromatic rings. The molecule has 0 saturated carbocycles. The van der Waals surface area contributed by atoms with Crippen LogP contribution in [0.25, 0.3) is 0 Å². The van der Waals surface area contributed by atoms with Crippen molar-refractivity contribution in [2.75, 3.05) is 11.9 Å². The van der Waals surface area contributed by atoms with Crippen LogP contribution >= 0.6 is 27.5 Å². The van der Waals surface area contributed by atoms with Crippen LogP contribution in [0.3, 0.4) is 0 Å². The molecule has 0 bridgehead atoms. The SMILES string of the molecule is Cc1c(Cl)ncnc1NCc1cc(Br)cc2c1OCC2. The van der Waals surface area contributed by atoms with Crippen molar-refractivity contribution in [3.05, 3.63) is 44.8 Å². The predicted octanol–water partition coefficient (Wildman–Crippen LogP) is 3.75. The van der Waals surface area contributed by atoms with Crippen LogP contribution < -0.4 is 10.1 Å². The van der Waals surface area contributed by atoms with Crippen LogP contribution in [0.1, 0.15) is 16.7 Å². The Kier molecular flexibility index (Phi) is 3.81. The predicted molar refractivity (Wildman–Crippen MR) is 82.4 cm³/mol. The Morgan fingerprint density at radius 1 is 1.40 bits per heavy atom. The van der Waals surface area contributed by atoms with Crippen LogP contribution in [-0.4, -0.2) is 16.6 Å². The van der Waals surface area contributed by atoms with Crippen molar-refractivity contribution < 1.29 is 4.74 Å². The van der Waals surface area contributed by atoms with Gasteiger partial charge in [0.05, 0.1) is 6.61 Å². The highest BCUT2D eigenvalue weighted by atomic mass is 79.9. The number of rotatable bonds is 3. The van der Waals surface area contributed by atoms with Crippen molar-refractivity contribution in [1.29, 1.82) is 0 Å². The first kappa shape index (κ1) is 13.6. The Morgan fingerprint density at radius 2 is 2.25 bits per heavy atom. The third-order valence-corrected chi connectivity index (χ3v) is 4.13. The van der Waals surface area contributed by atoms with Gasteiger partial charge >= 0.3 is 0 Å². The second-order valence-corrected chi connectivity index (χ2v) is 5.92. The van der Waals surface area contributed by atoms with Gasteiger partial charge < -0.3 is 10.1 Å². The van der Waals surface area contributed by atoms with E-state index in [4.69, 9.17) is 16.3 Å². The van der Waals surface area contributed by atoms with Gasteiger partial charge in [-0.25, -0.2) is 9.97 Å². The molecule has 20 heavy (non-hydrogen) atoms. The molecular formula is C14H13BrClN3O. The van der Waals surface area contributed by atoms with E-state index in [0.29, 0.717) is 11.7 Å². The van der Waals surface area contributed by atoms with Gasteiger partial charge in [-0.05, 0) is 24.6 Å². The van der Waals surface area contributed by atoms with Crippen molar-refractivity contribution in [3.8, 4) is 5.75 Å². The molecule has 0 spiro atoms. The molecule has 0 saturated heterocycles. The van der Waals surface area contributed by atoms with Gasteiger partial charge in [-0.3, -0.25) is 0 Å². The minimum absolute atomic E-state index is 0.471. The van der Waals surface area contributed by atoms with Gasteiger partial charge in [-0.2, -0.15) is 0 Å². The van der Waals surface area contributed by atoms with Crippen molar-refractivity contribution in [1.82, 2.24) is 9.97 Å². The fourth-order valence-corrected chi connectivity index (χ4v) is 2.95. The molecule has 1 N–H and O–H groups in total. The molecule has 0 aliphatic carbocycles. The molecular weight excluding hydrogens is 342 g/mol. The number of hydrogen-bond donors (Lipinski definition) is 1. The maximum Gasteiger partial charge on any atom is 0.137 e. The summed E-state index contributed by atoms with van der Waals surface area (Å²) in [6.07, 6.45) is 2.42. The Balaban J connectivity index is 1.84. The summed E-state index contributed by atoms with van der Waals surface area (Å²) >= 11 is 9.53. The van der Waals surface area contributed by atoms with Crippen molar-refractivity contribution in [3.63, 3.8) is 0 Å². The van der Waals surface area contributed by atoms with Crippen LogP contribution in [-0.2, 0) is 13.0 Å². The molecule has 6 heteroatoms. The molecule has 1 aromatic heterocycles. The normalized spacial score (nSPS) is 12.9. The lowest BCUT2D eigenvalue weighted by atomic mass is 10.1. The van der Waals surface area contributed by atoms with Gasteiger partial charge in [0.25, 0.3) is 0 Å². The molecule has 0 unspecified atom stereocenters. The molecule has 1 aliphatic heterocycles. The number of benzene rings is 1. The van der Waals surface area contributed by atoms with Crippen molar-refractivity contribution in [2.45, 2.75) is 19.9 Å². The summed E-state index contributed by atoms with van der Waals surface area (Å²) in [4.78, 5) is 8.16. The second-order valence-electron chi connectivity index (χ2n) is 4.64. The highest BCUT2D eigenvalue weighted by Crippen LogP contribution is 2.33. The van der Waals surface area contributed by atoms with Gasteiger partial charge in [0.1, 0.15) is 23.0 Å². The first-order chi connectivity index (χ1) is 9.65. The Bertz CT molecular complexity index is 663. The summed E-state index contributed by atoms with van der Waals surface area (Å²) in [5.74, 6) is 1.73. The lowest BCUT2D eigenvalue weighted by Gasteiger charge is -2.12. The quantitative estimate of drug-likeness (QED) is 0.853. The van der Waals surface area contributed by atoms with E-state index < -0.39 is 0 Å². The summed E-state index contributed by atoms with van der Waals surface area (Å²) in [6.45, 7) is 3.28. The standard InChI is InChI=1S/C14H13BrClN3O/c1-8-13(16)18-7-19-14(8)17-6-10-5-11(15)4-9-2-3-20-12(9)10/h4-5,7H,2-3,6H2,1H3,(H,17,18,19). The zero-order valence-electron chi connectivity index (χ0n) is 10.9. The summed E-state index contributed by atoms with van der Waals surface area (Å²) in [5, 5.41) is 3.76. The average Bonchev–Trinajstić information content (AvgIpc) is 2.88. The fourth-order valence-electron chi connectivity index (χ4n) is 2.26. The van der Waals surface area contributed by atoms with Gasteiger partial charge in [0, 0.05) is 28.6 Å². The van der Waals surface area contributed by atoms with Crippen LogP contribution in [0.4, 0.5) is 5.82 Å². The number of aromatic nitrogens is 2. The smallest absolute Gasteiger partial charge is 0.137 e. The number of nitrogens with one attached hydrogen (secondary N) is 1. The summed E-state index contributed by atoms with van der Waals surface area (Å²) < 4.78 is 6.77. The molecule has 0 radical (unpaired) electrons. The van der Waals surface area contributed by atoms with E-state index in [2.05, 4.69) is 43.3 Å². The lowest BCUT2D eigenvalue weighted by Crippen LogP contribution is -2.05. The highest BCUT2D eigenvalue weighted by Gasteiger charge is 2.17. The van der Waals surface area contributed by atoms with Gasteiger partial charge in [-0.15, -0.1) is 0 Å². The molecule has 0 fully saturated rings. The number of ether oxygens (including phenoxy) is 1. The minimum atomic E-state index is 0.471. The van der Waals surface area contributed by atoms with Crippen molar-refractivity contribution >= 4 is 33.3 Å². The maximum atomic E-state index is 5.99. The molecule has 2 heterocycles. The first-order valence-electron chi connectivity index (χ1n) is 6.30. The number of hydrogen-bond acceptors (Lipinski definition) is 4. The maximum absolute atomic E-state index is 5.99. The number of nitrogens with zero attached hydrogens (tertiary/aromatic N) is 2. The summed E-state index contributed by atoms with van der Waals surface area (Å²) in [5.41, 5.74) is 3.20. The Hall–Kier alpha value is -1.33. The fraction of sp³-hybridized carbons (Fsp3) is 0.286. The zero-order chi connectivity index (χ0) is 14.1. The van der Waals surface area contributed by atoms with Gasteiger partial charge in [0.2, 0.25) is 0 Å². The van der Waals surface area contributed by atoms with E-state index in [1.165, 1.54) is 11.9 Å². The second kappa shape index (κ2) is 5.58. The molecule has 1 aliphatic rings. The van der Waals surface area contributed by atoms with Crippen LogP contribution in [0, 0.1) is 6.92 Å². The van der Waals surface area contributed by atoms with Crippen LogP contribution in [0.15, 0.2) is 22.9 Å². The minimum Gasteiger partial charge on any atom is -0.493 e. The molecule has 3 rings (SSSR count). The van der Waals surface area contributed by atoms with E-state index in [1.54, 1.807) is 0 Å².